The number of carbonyl (C=O) groups is 1. The number of aryl methyl sites for hydroxylation is 1. The first kappa shape index (κ1) is 16.8. The fraction of sp³-hybridized carbons (Fsp3) is 0.176. The maximum atomic E-state index is 12.8. The maximum Gasteiger partial charge on any atom is 0.238 e. The number of hydrogen-bond acceptors (Lipinski definition) is 4. The highest BCUT2D eigenvalue weighted by Gasteiger charge is 2.16. The lowest BCUT2D eigenvalue weighted by molar-refractivity contribution is -0.462. The van der Waals surface area contributed by atoms with E-state index in [9.17, 15) is 14.9 Å². The van der Waals surface area contributed by atoms with E-state index in [1.807, 2.05) is 13.0 Å². The summed E-state index contributed by atoms with van der Waals surface area (Å²) in [6.07, 6.45) is 1.95. The molecule has 0 aliphatic carbocycles. The van der Waals surface area contributed by atoms with Gasteiger partial charge >= 0.3 is 0 Å². The normalized spacial score (nSPS) is 10.9. The van der Waals surface area contributed by atoms with Gasteiger partial charge in [-0.05, 0) is 36.2 Å². The van der Waals surface area contributed by atoms with Crippen LogP contribution in [0.2, 0.25) is 5.02 Å². The number of nitro groups is 1. The van der Waals surface area contributed by atoms with E-state index in [1.165, 1.54) is 6.21 Å². The van der Waals surface area contributed by atoms with Crippen LogP contribution in [-0.4, -0.2) is 23.5 Å². The Morgan fingerprint density at radius 1 is 1.26 bits per heavy atom. The molecule has 0 aromatic heterocycles. The van der Waals surface area contributed by atoms with E-state index < -0.39 is 11.5 Å². The van der Waals surface area contributed by atoms with E-state index >= 15 is 0 Å². The van der Waals surface area contributed by atoms with Gasteiger partial charge in [0.05, 0.1) is 16.9 Å². The molecular formula is C17H15ClN2O3. The first-order valence-electron chi connectivity index (χ1n) is 7.09. The predicted molar refractivity (Wildman–Crippen MR) is 90.7 cm³/mol. The lowest BCUT2D eigenvalue weighted by Gasteiger charge is -2.08. The van der Waals surface area contributed by atoms with Crippen molar-refractivity contribution in [2.24, 2.45) is 4.99 Å². The molecule has 118 valence electrons. The monoisotopic (exact) mass is 330 g/mol. The van der Waals surface area contributed by atoms with Gasteiger partial charge in [0.2, 0.25) is 6.54 Å². The van der Waals surface area contributed by atoms with Gasteiger partial charge in [0.1, 0.15) is 0 Å². The van der Waals surface area contributed by atoms with Crippen molar-refractivity contribution >= 4 is 29.3 Å². The van der Waals surface area contributed by atoms with E-state index in [2.05, 4.69) is 4.99 Å². The zero-order valence-electron chi connectivity index (χ0n) is 12.5. The number of carbonyl (C=O) groups excluding carboxylic acids is 1. The Kier molecular flexibility index (Phi) is 5.60. The highest BCUT2D eigenvalue weighted by atomic mass is 35.5. The molecule has 2 rings (SSSR count). The molecule has 2 aromatic rings. The number of benzene rings is 2. The number of nitrogens with zero attached hydrogens (tertiary/aromatic N) is 2. The molecule has 0 atom stereocenters. The largest absolute Gasteiger partial charge is 0.288 e. The summed E-state index contributed by atoms with van der Waals surface area (Å²) >= 11 is 6.09. The summed E-state index contributed by atoms with van der Waals surface area (Å²) in [4.78, 5) is 26.7. The van der Waals surface area contributed by atoms with Crippen molar-refractivity contribution in [3.63, 3.8) is 0 Å². The van der Waals surface area contributed by atoms with Crippen LogP contribution >= 0.6 is 11.6 Å². The molecule has 5 nitrogen and oxygen atoms in total. The zero-order chi connectivity index (χ0) is 16.8. The molecule has 0 aliphatic heterocycles. The fourth-order valence-electron chi connectivity index (χ4n) is 2.09. The minimum Gasteiger partial charge on any atom is -0.288 e. The van der Waals surface area contributed by atoms with E-state index in [-0.39, 0.29) is 5.78 Å². The summed E-state index contributed by atoms with van der Waals surface area (Å²) in [6, 6.07) is 12.1. The minimum atomic E-state index is -0.487. The number of rotatable bonds is 6. The third-order valence-electron chi connectivity index (χ3n) is 3.29. The van der Waals surface area contributed by atoms with Gasteiger partial charge in [-0.1, -0.05) is 36.7 Å². The second kappa shape index (κ2) is 7.65. The lowest BCUT2D eigenvalue weighted by atomic mass is 9.98. The molecule has 0 bridgehead atoms. The Bertz CT molecular complexity index is 772. The highest BCUT2D eigenvalue weighted by Crippen LogP contribution is 2.26. The number of aliphatic imine (C=N–C) groups is 1. The first-order chi connectivity index (χ1) is 11.0. The van der Waals surface area contributed by atoms with Crippen LogP contribution < -0.4 is 0 Å². The van der Waals surface area contributed by atoms with Crippen LogP contribution in [0.15, 0.2) is 47.5 Å². The van der Waals surface area contributed by atoms with Gasteiger partial charge in [-0.25, -0.2) is 0 Å². The second-order valence-electron chi connectivity index (χ2n) is 4.84. The quantitative estimate of drug-likeness (QED) is 0.346. The van der Waals surface area contributed by atoms with Gasteiger partial charge in [0, 0.05) is 16.1 Å². The van der Waals surface area contributed by atoms with Gasteiger partial charge in [-0.3, -0.25) is 19.9 Å². The molecular weight excluding hydrogens is 316 g/mol. The topological polar surface area (TPSA) is 72.6 Å². The van der Waals surface area contributed by atoms with Crippen LogP contribution in [0, 0.1) is 10.1 Å². The molecule has 0 fully saturated rings. The molecule has 0 heterocycles. The predicted octanol–water partition coefficient (Wildman–Crippen LogP) is 4.11. The van der Waals surface area contributed by atoms with Gasteiger partial charge < -0.3 is 0 Å². The van der Waals surface area contributed by atoms with Crippen molar-refractivity contribution in [1.82, 2.24) is 0 Å². The summed E-state index contributed by atoms with van der Waals surface area (Å²) in [5.74, 6) is -0.251. The Hall–Kier alpha value is -2.53. The maximum absolute atomic E-state index is 12.8. The number of hydrogen-bond donors (Lipinski definition) is 0. The molecule has 0 spiro atoms. The average molecular weight is 331 g/mol. The van der Waals surface area contributed by atoms with Crippen molar-refractivity contribution in [2.45, 2.75) is 13.3 Å². The van der Waals surface area contributed by atoms with Crippen molar-refractivity contribution < 1.29 is 9.72 Å². The molecule has 2 aromatic carbocycles. The Morgan fingerprint density at radius 3 is 2.65 bits per heavy atom. The summed E-state index contributed by atoms with van der Waals surface area (Å²) < 4.78 is 0. The van der Waals surface area contributed by atoms with E-state index in [0.717, 1.165) is 12.0 Å². The molecule has 0 N–H and O–H groups in total. The van der Waals surface area contributed by atoms with Crippen molar-refractivity contribution in [2.75, 3.05) is 6.54 Å². The van der Waals surface area contributed by atoms with Crippen molar-refractivity contribution in [3.8, 4) is 0 Å². The summed E-state index contributed by atoms with van der Waals surface area (Å²) in [7, 11) is 0. The molecule has 0 aliphatic rings. The summed E-state index contributed by atoms with van der Waals surface area (Å²) in [5, 5.41) is 10.8. The third-order valence-corrected chi connectivity index (χ3v) is 3.62. The molecule has 0 saturated heterocycles. The molecule has 0 amide bonds. The minimum absolute atomic E-state index is 0.251. The van der Waals surface area contributed by atoms with Crippen molar-refractivity contribution in [1.29, 1.82) is 0 Å². The van der Waals surface area contributed by atoms with Gasteiger partial charge in [0.25, 0.3) is 0 Å². The van der Waals surface area contributed by atoms with Crippen LogP contribution in [-0.2, 0) is 6.42 Å². The molecule has 0 saturated carbocycles. The standard InChI is InChI=1S/C17H15ClN2O3/c1-2-12-7-8-16(19-9-10-20(22)23)14(11-12)17(21)13-5-3-4-6-15(13)18/h3-9,11H,2,10H2,1H3. The van der Waals surface area contributed by atoms with E-state index in [0.29, 0.717) is 21.8 Å². The van der Waals surface area contributed by atoms with Crippen LogP contribution in [0.4, 0.5) is 5.69 Å². The number of ketones is 1. The lowest BCUT2D eigenvalue weighted by Crippen LogP contribution is -2.04. The molecule has 0 radical (unpaired) electrons. The number of halogens is 1. The second-order valence-corrected chi connectivity index (χ2v) is 5.25. The SMILES string of the molecule is CCc1ccc(N=CC[N+](=O)[O-])c(C(=O)c2ccccc2Cl)c1. The first-order valence-corrected chi connectivity index (χ1v) is 7.47. The van der Waals surface area contributed by atoms with Gasteiger partial charge in [-0.15, -0.1) is 0 Å². The van der Waals surface area contributed by atoms with Gasteiger partial charge in [0.15, 0.2) is 5.78 Å². The fourth-order valence-corrected chi connectivity index (χ4v) is 2.32. The summed E-state index contributed by atoms with van der Waals surface area (Å²) in [5.41, 5.74) is 2.15. The van der Waals surface area contributed by atoms with E-state index in [4.69, 9.17) is 11.6 Å². The molecule has 0 unspecified atom stereocenters. The van der Waals surface area contributed by atoms with Gasteiger partial charge in [-0.2, -0.15) is 0 Å². The van der Waals surface area contributed by atoms with Crippen LogP contribution in [0.1, 0.15) is 28.4 Å². The average Bonchev–Trinajstić information content (AvgIpc) is 2.54. The molecule has 23 heavy (non-hydrogen) atoms. The zero-order valence-corrected chi connectivity index (χ0v) is 13.3. The van der Waals surface area contributed by atoms with Crippen LogP contribution in [0.25, 0.3) is 0 Å². The Morgan fingerprint density at radius 2 is 2.00 bits per heavy atom. The molecule has 6 heteroatoms. The Balaban J connectivity index is 2.46. The van der Waals surface area contributed by atoms with E-state index in [1.54, 1.807) is 36.4 Å². The van der Waals surface area contributed by atoms with Crippen molar-refractivity contribution in [3.05, 3.63) is 74.3 Å². The van der Waals surface area contributed by atoms with Crippen LogP contribution in [0.3, 0.4) is 0 Å². The third kappa shape index (κ3) is 4.23. The van der Waals surface area contributed by atoms with Crippen LogP contribution in [0.5, 0.6) is 0 Å². The summed E-state index contributed by atoms with van der Waals surface area (Å²) in [6.45, 7) is 1.59. The Labute approximate surface area is 138 Å². The highest BCUT2D eigenvalue weighted by molar-refractivity contribution is 6.35. The smallest absolute Gasteiger partial charge is 0.238 e.